The highest BCUT2D eigenvalue weighted by atomic mass is 16.6. The molecule has 1 saturated heterocycles. The number of benzene rings is 2. The molecule has 0 saturated carbocycles. The second kappa shape index (κ2) is 12.2. The van der Waals surface area contributed by atoms with Gasteiger partial charge in [-0.25, -0.2) is 14.4 Å². The van der Waals surface area contributed by atoms with Gasteiger partial charge in [-0.1, -0.05) is 48.5 Å². The lowest BCUT2D eigenvalue weighted by Crippen LogP contribution is -2.38. The molecule has 4 rings (SSSR count). The van der Waals surface area contributed by atoms with Gasteiger partial charge in [-0.2, -0.15) is 0 Å². The largest absolute Gasteiger partial charge is 0.473 e. The van der Waals surface area contributed by atoms with Gasteiger partial charge in [-0.15, -0.1) is 0 Å². The Morgan fingerprint density at radius 1 is 0.912 bits per heavy atom. The molecule has 1 aromatic heterocycles. The number of piperidine rings is 1. The minimum atomic E-state index is -1.82. The average Bonchev–Trinajstić information content (AvgIpc) is 3.35. The van der Waals surface area contributed by atoms with Gasteiger partial charge in [0.2, 0.25) is 0 Å². The van der Waals surface area contributed by atoms with Crippen molar-refractivity contribution in [3.8, 4) is 11.1 Å². The van der Waals surface area contributed by atoms with Crippen molar-refractivity contribution in [1.82, 2.24) is 4.90 Å². The van der Waals surface area contributed by atoms with Gasteiger partial charge in [0, 0.05) is 18.7 Å². The fourth-order valence-electron chi connectivity index (χ4n) is 3.56. The molecule has 0 radical (unpaired) electrons. The molecule has 0 unspecified atom stereocenters. The Bertz CT molecular complexity index is 1060. The Morgan fingerprint density at radius 3 is 2.18 bits per heavy atom. The Hall–Kier alpha value is -4.11. The van der Waals surface area contributed by atoms with Crippen LogP contribution >= 0.6 is 0 Å². The first-order valence-corrected chi connectivity index (χ1v) is 10.8. The van der Waals surface area contributed by atoms with Crippen molar-refractivity contribution in [2.24, 2.45) is 0 Å². The number of likely N-dealkylation sites (tertiary alicyclic amines) is 1. The van der Waals surface area contributed by atoms with Crippen LogP contribution in [-0.2, 0) is 20.9 Å². The summed E-state index contributed by atoms with van der Waals surface area (Å²) < 4.78 is 11.1. The third kappa shape index (κ3) is 7.49. The number of ether oxygens (including phenoxy) is 1. The minimum Gasteiger partial charge on any atom is -0.473 e. The molecule has 1 aliphatic rings. The van der Waals surface area contributed by atoms with E-state index in [1.807, 2.05) is 66.7 Å². The lowest BCUT2D eigenvalue weighted by Gasteiger charge is -2.31. The van der Waals surface area contributed by atoms with E-state index in [0.29, 0.717) is 0 Å². The van der Waals surface area contributed by atoms with Crippen LogP contribution in [0.1, 0.15) is 18.6 Å². The molecule has 9 nitrogen and oxygen atoms in total. The maximum Gasteiger partial charge on any atom is 0.414 e. The molecule has 2 aromatic carbocycles. The third-order valence-corrected chi connectivity index (χ3v) is 5.20. The minimum absolute atomic E-state index is 0.0586. The summed E-state index contributed by atoms with van der Waals surface area (Å²) in [5.74, 6) is -2.68. The van der Waals surface area contributed by atoms with E-state index in [0.717, 1.165) is 55.1 Å². The van der Waals surface area contributed by atoms with E-state index < -0.39 is 18.0 Å². The van der Waals surface area contributed by atoms with Crippen molar-refractivity contribution in [3.05, 3.63) is 78.8 Å². The third-order valence-electron chi connectivity index (χ3n) is 5.20. The summed E-state index contributed by atoms with van der Waals surface area (Å²) in [6.45, 7) is 2.58. The number of carbonyl (C=O) groups excluding carboxylic acids is 1. The maximum absolute atomic E-state index is 12.4. The first-order chi connectivity index (χ1) is 16.4. The smallest absolute Gasteiger partial charge is 0.414 e. The standard InChI is InChI=1S/C23H24N2O3.C2H2O4/c26-23(24-22-11-5-4-10-21(22)18-7-2-1-3-8-18)28-19-12-14-25(15-13-19)17-20-9-6-16-27-20;3-1(4)2(5)6/h1-11,16,19H,12-15,17H2,(H,24,26);(H,3,4)(H,5,6). The fourth-order valence-corrected chi connectivity index (χ4v) is 3.56. The topological polar surface area (TPSA) is 129 Å². The van der Waals surface area contributed by atoms with Crippen LogP contribution in [0.3, 0.4) is 0 Å². The highest BCUT2D eigenvalue weighted by Crippen LogP contribution is 2.28. The van der Waals surface area contributed by atoms with E-state index in [2.05, 4.69) is 10.2 Å². The molecule has 3 N–H and O–H groups in total. The van der Waals surface area contributed by atoms with Gasteiger partial charge in [0.15, 0.2) is 0 Å². The van der Waals surface area contributed by atoms with Crippen LogP contribution in [0.4, 0.5) is 10.5 Å². The van der Waals surface area contributed by atoms with Crippen LogP contribution in [0.15, 0.2) is 77.4 Å². The highest BCUT2D eigenvalue weighted by molar-refractivity contribution is 6.27. The van der Waals surface area contributed by atoms with Crippen LogP contribution < -0.4 is 5.32 Å². The van der Waals surface area contributed by atoms with Gasteiger partial charge in [0.1, 0.15) is 11.9 Å². The molecule has 9 heteroatoms. The van der Waals surface area contributed by atoms with Crippen LogP contribution in [0, 0.1) is 0 Å². The number of anilines is 1. The first-order valence-electron chi connectivity index (χ1n) is 10.8. The number of amides is 1. The summed E-state index contributed by atoms with van der Waals surface area (Å²) in [5, 5.41) is 17.7. The summed E-state index contributed by atoms with van der Waals surface area (Å²) in [6, 6.07) is 21.7. The number of carbonyl (C=O) groups is 3. The number of hydrogen-bond donors (Lipinski definition) is 3. The van der Waals surface area contributed by atoms with E-state index in [4.69, 9.17) is 29.0 Å². The van der Waals surface area contributed by atoms with Crippen LogP contribution in [0.5, 0.6) is 0 Å². The number of hydrogen-bond acceptors (Lipinski definition) is 6. The number of aliphatic carboxylic acids is 2. The van der Waals surface area contributed by atoms with Crippen LogP contribution in [0.2, 0.25) is 0 Å². The molecule has 1 fully saturated rings. The number of nitrogens with one attached hydrogen (secondary N) is 1. The zero-order chi connectivity index (χ0) is 24.3. The van der Waals surface area contributed by atoms with Crippen molar-refractivity contribution in [2.45, 2.75) is 25.5 Å². The molecule has 0 atom stereocenters. The number of carboxylic acids is 2. The number of para-hydroxylation sites is 1. The van der Waals surface area contributed by atoms with Gasteiger partial charge in [0.05, 0.1) is 18.5 Å². The molecule has 0 bridgehead atoms. The normalized spacial score (nSPS) is 13.9. The second-order valence-corrected chi connectivity index (χ2v) is 7.61. The summed E-state index contributed by atoms with van der Waals surface area (Å²) in [5.41, 5.74) is 2.80. The molecular formula is C25H26N2O7. The molecule has 178 valence electrons. The Morgan fingerprint density at radius 2 is 1.56 bits per heavy atom. The quantitative estimate of drug-likeness (QED) is 0.474. The number of rotatable bonds is 5. The molecule has 1 amide bonds. The molecule has 1 aliphatic heterocycles. The van der Waals surface area contributed by atoms with Gasteiger partial charge in [-0.05, 0) is 36.6 Å². The lowest BCUT2D eigenvalue weighted by molar-refractivity contribution is -0.159. The molecule has 0 aliphatic carbocycles. The van der Waals surface area contributed by atoms with Crippen molar-refractivity contribution in [3.63, 3.8) is 0 Å². The van der Waals surface area contributed by atoms with Crippen molar-refractivity contribution >= 4 is 23.7 Å². The van der Waals surface area contributed by atoms with Gasteiger partial charge >= 0.3 is 18.0 Å². The number of nitrogens with zero attached hydrogens (tertiary/aromatic N) is 1. The Balaban J connectivity index is 0.000000481. The molecule has 0 spiro atoms. The van der Waals surface area contributed by atoms with E-state index in [9.17, 15) is 4.79 Å². The molecular weight excluding hydrogens is 440 g/mol. The van der Waals surface area contributed by atoms with Crippen LogP contribution in [0.25, 0.3) is 11.1 Å². The average molecular weight is 466 g/mol. The SMILES string of the molecule is O=C(Nc1ccccc1-c1ccccc1)OC1CCN(Cc2ccco2)CC1.O=C(O)C(=O)O. The monoisotopic (exact) mass is 466 g/mol. The molecule has 3 aromatic rings. The summed E-state index contributed by atoms with van der Waals surface area (Å²) in [7, 11) is 0. The van der Waals surface area contributed by atoms with Gasteiger partial charge < -0.3 is 19.4 Å². The van der Waals surface area contributed by atoms with Crippen LogP contribution in [-0.4, -0.2) is 52.3 Å². The fraction of sp³-hybridized carbons (Fsp3) is 0.240. The highest BCUT2D eigenvalue weighted by Gasteiger charge is 2.23. The zero-order valence-electron chi connectivity index (χ0n) is 18.4. The second-order valence-electron chi connectivity index (χ2n) is 7.61. The van der Waals surface area contributed by atoms with Crippen molar-refractivity contribution in [2.75, 3.05) is 18.4 Å². The van der Waals surface area contributed by atoms with E-state index >= 15 is 0 Å². The maximum atomic E-state index is 12.4. The zero-order valence-corrected chi connectivity index (χ0v) is 18.4. The van der Waals surface area contributed by atoms with Crippen molar-refractivity contribution < 1.29 is 33.8 Å². The van der Waals surface area contributed by atoms with E-state index in [1.54, 1.807) is 6.26 Å². The van der Waals surface area contributed by atoms with Gasteiger partial charge in [0.25, 0.3) is 0 Å². The predicted molar refractivity (Wildman–Crippen MR) is 124 cm³/mol. The van der Waals surface area contributed by atoms with Crippen molar-refractivity contribution in [1.29, 1.82) is 0 Å². The number of carboxylic acid groups (broad SMARTS) is 2. The molecule has 2 heterocycles. The Kier molecular flexibility index (Phi) is 8.81. The summed E-state index contributed by atoms with van der Waals surface area (Å²) in [4.78, 5) is 33.0. The van der Waals surface area contributed by atoms with Gasteiger partial charge in [-0.3, -0.25) is 10.2 Å². The predicted octanol–water partition coefficient (Wildman–Crippen LogP) is 4.32. The van der Waals surface area contributed by atoms with E-state index in [-0.39, 0.29) is 6.10 Å². The number of furan rings is 1. The Labute approximate surface area is 196 Å². The van der Waals surface area contributed by atoms with E-state index in [1.165, 1.54) is 0 Å². The first kappa shape index (κ1) is 24.5. The summed E-state index contributed by atoms with van der Waals surface area (Å²) in [6.07, 6.45) is 2.90. The lowest BCUT2D eigenvalue weighted by atomic mass is 10.0. The summed E-state index contributed by atoms with van der Waals surface area (Å²) >= 11 is 0. The molecule has 34 heavy (non-hydrogen) atoms.